The summed E-state index contributed by atoms with van der Waals surface area (Å²) in [6, 6.07) is 68.1. The van der Waals surface area contributed by atoms with E-state index >= 15 is 0 Å². The molecule has 0 fully saturated rings. The van der Waals surface area contributed by atoms with Crippen LogP contribution in [0.1, 0.15) is 0 Å². The second kappa shape index (κ2) is 11.9. The molecule has 0 saturated carbocycles. The van der Waals surface area contributed by atoms with E-state index in [1.165, 1.54) is 69.7 Å². The second-order valence-electron chi connectivity index (χ2n) is 13.7. The van der Waals surface area contributed by atoms with Crippen LogP contribution in [0, 0.1) is 0 Å². The zero-order valence-corrected chi connectivity index (χ0v) is 29.5. The fraction of sp³-hybridized carbons (Fsp3) is 0. The van der Waals surface area contributed by atoms with Gasteiger partial charge in [-0.3, -0.25) is 0 Å². The Labute approximate surface area is 310 Å². The highest BCUT2D eigenvalue weighted by Gasteiger charge is 2.19. The van der Waals surface area contributed by atoms with Crippen LogP contribution in [-0.2, 0) is 0 Å². The van der Waals surface area contributed by atoms with Gasteiger partial charge in [0.15, 0.2) is 0 Å². The first-order valence-electron chi connectivity index (χ1n) is 18.0. The van der Waals surface area contributed by atoms with E-state index in [0.717, 1.165) is 33.3 Å². The highest BCUT2D eigenvalue weighted by Crippen LogP contribution is 2.45. The molecule has 0 unspecified atom stereocenters. The molecule has 0 atom stereocenters. The minimum Gasteiger partial charge on any atom is -0.456 e. The summed E-state index contributed by atoms with van der Waals surface area (Å²) in [7, 11) is 0. The molecule has 248 valence electrons. The number of anilines is 3. The lowest BCUT2D eigenvalue weighted by Crippen LogP contribution is -2.10. The average molecular weight is 694 g/mol. The van der Waals surface area contributed by atoms with Crippen molar-refractivity contribution in [1.82, 2.24) is 0 Å². The zero-order chi connectivity index (χ0) is 34.9. The van der Waals surface area contributed by atoms with Gasteiger partial charge in [0.05, 0.1) is 10.4 Å². The number of fused-ring (bicyclic) bond motifs is 8. The predicted octanol–water partition coefficient (Wildman–Crippen LogP) is 15.1. The monoisotopic (exact) mass is 693 g/mol. The Kier molecular flexibility index (Phi) is 6.76. The van der Waals surface area contributed by atoms with E-state index in [1.807, 2.05) is 23.5 Å². The summed E-state index contributed by atoms with van der Waals surface area (Å²) in [5.41, 5.74) is 10.1. The third-order valence-corrected chi connectivity index (χ3v) is 11.9. The van der Waals surface area contributed by atoms with Crippen LogP contribution in [0.4, 0.5) is 17.1 Å². The molecule has 0 radical (unpaired) electrons. The summed E-state index contributed by atoms with van der Waals surface area (Å²) in [5, 5.41) is 9.79. The van der Waals surface area contributed by atoms with Crippen molar-refractivity contribution in [3.63, 3.8) is 0 Å². The standard InChI is InChI=1S/C50H31NOS/c1-2-11-40-33(9-1)10-7-14-41(40)34-23-27-39(28-24-34)51(46-16-8-15-44-43-13-4-6-18-49(43)53-50(44)46)38-25-21-32(22-26-38)35-19-20-36-30-45-42-12-3-5-17-47(42)52-48(45)31-37(36)29-35/h1-31H. The molecule has 0 N–H and O–H groups in total. The smallest absolute Gasteiger partial charge is 0.136 e. The van der Waals surface area contributed by atoms with Gasteiger partial charge in [0, 0.05) is 37.6 Å². The van der Waals surface area contributed by atoms with E-state index in [4.69, 9.17) is 4.42 Å². The van der Waals surface area contributed by atoms with Crippen molar-refractivity contribution in [2.75, 3.05) is 4.90 Å². The van der Waals surface area contributed by atoms with E-state index in [9.17, 15) is 0 Å². The van der Waals surface area contributed by atoms with Gasteiger partial charge in [-0.2, -0.15) is 0 Å². The second-order valence-corrected chi connectivity index (χ2v) is 14.8. The normalized spacial score (nSPS) is 11.8. The lowest BCUT2D eigenvalue weighted by molar-refractivity contribution is 0.669. The van der Waals surface area contributed by atoms with Crippen LogP contribution >= 0.6 is 11.3 Å². The number of thiophene rings is 1. The van der Waals surface area contributed by atoms with Gasteiger partial charge < -0.3 is 9.32 Å². The Balaban J connectivity index is 1.02. The number of benzene rings is 9. The van der Waals surface area contributed by atoms with Crippen molar-refractivity contribution in [2.24, 2.45) is 0 Å². The number of hydrogen-bond donors (Lipinski definition) is 0. The molecule has 11 aromatic rings. The maximum absolute atomic E-state index is 6.23. The fourth-order valence-electron chi connectivity index (χ4n) is 8.05. The Morgan fingerprint density at radius 2 is 1.04 bits per heavy atom. The number of nitrogens with zero attached hydrogens (tertiary/aromatic N) is 1. The molecule has 0 aliphatic carbocycles. The number of para-hydroxylation sites is 1. The summed E-state index contributed by atoms with van der Waals surface area (Å²) in [5.74, 6) is 0. The number of rotatable bonds is 5. The van der Waals surface area contributed by atoms with Crippen LogP contribution in [0.25, 0.3) is 85.9 Å². The minimum atomic E-state index is 0.920. The summed E-state index contributed by atoms with van der Waals surface area (Å²) in [6.45, 7) is 0. The van der Waals surface area contributed by atoms with Gasteiger partial charge in [-0.05, 0) is 104 Å². The lowest BCUT2D eigenvalue weighted by Gasteiger charge is -2.26. The molecule has 3 heteroatoms. The van der Waals surface area contributed by atoms with Crippen molar-refractivity contribution in [1.29, 1.82) is 0 Å². The SMILES string of the molecule is c1ccc2c(-c3ccc(N(c4ccc(-c5ccc6cc7c(cc6c5)oc5ccccc57)cc4)c4cccc5c4sc4ccccc45)cc3)cccc2c1. The summed E-state index contributed by atoms with van der Waals surface area (Å²) < 4.78 is 8.81. The quantitative estimate of drug-likeness (QED) is 0.178. The van der Waals surface area contributed by atoms with Gasteiger partial charge in [-0.1, -0.05) is 127 Å². The van der Waals surface area contributed by atoms with E-state index in [-0.39, 0.29) is 0 Å². The molecule has 0 bridgehead atoms. The third-order valence-electron chi connectivity index (χ3n) is 10.6. The molecule has 0 amide bonds. The number of hydrogen-bond acceptors (Lipinski definition) is 3. The van der Waals surface area contributed by atoms with Crippen molar-refractivity contribution in [2.45, 2.75) is 0 Å². The van der Waals surface area contributed by atoms with Gasteiger partial charge in [-0.25, -0.2) is 0 Å². The van der Waals surface area contributed by atoms with Gasteiger partial charge in [0.2, 0.25) is 0 Å². The zero-order valence-electron chi connectivity index (χ0n) is 28.7. The molecule has 0 saturated heterocycles. The first-order chi connectivity index (χ1) is 26.2. The largest absolute Gasteiger partial charge is 0.456 e. The molecule has 53 heavy (non-hydrogen) atoms. The average Bonchev–Trinajstić information content (AvgIpc) is 3.79. The third kappa shape index (κ3) is 4.93. The van der Waals surface area contributed by atoms with Crippen molar-refractivity contribution >= 4 is 92.1 Å². The highest BCUT2D eigenvalue weighted by atomic mass is 32.1. The molecule has 2 nitrogen and oxygen atoms in total. The van der Waals surface area contributed by atoms with Crippen LogP contribution < -0.4 is 4.90 Å². The highest BCUT2D eigenvalue weighted by molar-refractivity contribution is 7.26. The lowest BCUT2D eigenvalue weighted by atomic mass is 9.98. The molecular formula is C50H31NOS. The molecule has 0 aliphatic rings. The van der Waals surface area contributed by atoms with Crippen LogP contribution in [0.3, 0.4) is 0 Å². The first-order valence-corrected chi connectivity index (χ1v) is 18.8. The van der Waals surface area contributed by atoms with Crippen molar-refractivity contribution < 1.29 is 4.42 Å². The minimum absolute atomic E-state index is 0.920. The maximum Gasteiger partial charge on any atom is 0.136 e. The van der Waals surface area contributed by atoms with Gasteiger partial charge in [0.25, 0.3) is 0 Å². The topological polar surface area (TPSA) is 16.4 Å². The Hall–Kier alpha value is -6.68. The van der Waals surface area contributed by atoms with Gasteiger partial charge in [-0.15, -0.1) is 11.3 Å². The Morgan fingerprint density at radius 3 is 1.89 bits per heavy atom. The van der Waals surface area contributed by atoms with E-state index in [2.05, 4.69) is 181 Å². The molecule has 0 aliphatic heterocycles. The summed E-state index contributed by atoms with van der Waals surface area (Å²) in [6.07, 6.45) is 0. The Bertz CT molecular complexity index is 3160. The van der Waals surface area contributed by atoms with E-state index in [0.29, 0.717) is 0 Å². The molecular weight excluding hydrogens is 663 g/mol. The van der Waals surface area contributed by atoms with Crippen LogP contribution in [-0.4, -0.2) is 0 Å². The van der Waals surface area contributed by atoms with Crippen LogP contribution in [0.5, 0.6) is 0 Å². The van der Waals surface area contributed by atoms with Gasteiger partial charge in [0.1, 0.15) is 11.2 Å². The molecule has 11 rings (SSSR count). The summed E-state index contributed by atoms with van der Waals surface area (Å²) in [4.78, 5) is 2.41. The summed E-state index contributed by atoms with van der Waals surface area (Å²) >= 11 is 1.86. The van der Waals surface area contributed by atoms with Crippen LogP contribution in [0.2, 0.25) is 0 Å². The van der Waals surface area contributed by atoms with Crippen LogP contribution in [0.15, 0.2) is 192 Å². The fourth-order valence-corrected chi connectivity index (χ4v) is 9.26. The molecule has 0 spiro atoms. The Morgan fingerprint density at radius 1 is 0.377 bits per heavy atom. The predicted molar refractivity (Wildman–Crippen MR) is 227 cm³/mol. The van der Waals surface area contributed by atoms with Gasteiger partial charge >= 0.3 is 0 Å². The van der Waals surface area contributed by atoms with E-state index in [1.54, 1.807) is 0 Å². The van der Waals surface area contributed by atoms with Crippen molar-refractivity contribution in [3.05, 3.63) is 188 Å². The first kappa shape index (κ1) is 30.0. The van der Waals surface area contributed by atoms with Crippen molar-refractivity contribution in [3.8, 4) is 22.3 Å². The van der Waals surface area contributed by atoms with E-state index < -0.39 is 0 Å². The maximum atomic E-state index is 6.23. The molecule has 9 aromatic carbocycles. The number of furan rings is 1. The molecule has 2 heterocycles. The molecule has 2 aromatic heterocycles.